The van der Waals surface area contributed by atoms with E-state index in [1.165, 1.54) is 12.1 Å². The van der Waals surface area contributed by atoms with Gasteiger partial charge in [0.05, 0.1) is 17.9 Å². The van der Waals surface area contributed by atoms with Crippen molar-refractivity contribution in [2.24, 2.45) is 0 Å². The number of benzene rings is 1. The van der Waals surface area contributed by atoms with Gasteiger partial charge in [0.25, 0.3) is 0 Å². The first-order valence-corrected chi connectivity index (χ1v) is 6.03. The zero-order valence-electron chi connectivity index (χ0n) is 10.7. The number of esters is 1. The molecule has 0 aliphatic rings. The van der Waals surface area contributed by atoms with E-state index in [0.717, 1.165) is 6.07 Å². The van der Waals surface area contributed by atoms with Crippen LogP contribution in [0.25, 0.3) is 10.9 Å². The van der Waals surface area contributed by atoms with Gasteiger partial charge >= 0.3 is 5.97 Å². The van der Waals surface area contributed by atoms with E-state index in [0.29, 0.717) is 23.1 Å². The summed E-state index contributed by atoms with van der Waals surface area (Å²) in [5.41, 5.74) is 0.628. The Bertz CT molecular complexity index is 641. The Morgan fingerprint density at radius 3 is 2.68 bits per heavy atom. The normalized spacial score (nSPS) is 10.7. The number of hydrogen-bond donors (Lipinski definition) is 0. The molecular weight excluding hydrogens is 252 g/mol. The van der Waals surface area contributed by atoms with E-state index in [-0.39, 0.29) is 12.1 Å². The maximum absolute atomic E-state index is 13.6. The maximum atomic E-state index is 13.6. The second-order valence-corrected chi connectivity index (χ2v) is 3.99. The molecule has 0 spiro atoms. The molecule has 0 radical (unpaired) electrons. The number of fused-ring (bicyclic) bond motifs is 1. The largest absolute Gasteiger partial charge is 0.462 e. The van der Waals surface area contributed by atoms with Crippen LogP contribution in [0, 0.1) is 11.6 Å². The van der Waals surface area contributed by atoms with Gasteiger partial charge in [0, 0.05) is 5.39 Å². The van der Waals surface area contributed by atoms with Gasteiger partial charge in [-0.05, 0) is 31.5 Å². The number of carbonyl (C=O) groups is 1. The summed E-state index contributed by atoms with van der Waals surface area (Å²) >= 11 is 0. The van der Waals surface area contributed by atoms with Crippen molar-refractivity contribution in [2.45, 2.75) is 20.3 Å². The van der Waals surface area contributed by atoms with Crippen LogP contribution in [-0.2, 0) is 11.2 Å². The lowest BCUT2D eigenvalue weighted by Crippen LogP contribution is -2.10. The van der Waals surface area contributed by atoms with E-state index < -0.39 is 17.6 Å². The Morgan fingerprint density at radius 1 is 1.32 bits per heavy atom. The SMILES string of the molecule is CCOC(=O)c1cc2ccc(F)c(F)c2nc1CC. The second kappa shape index (κ2) is 5.30. The van der Waals surface area contributed by atoms with Crippen LogP contribution < -0.4 is 0 Å². The molecule has 0 amide bonds. The molecule has 1 aromatic heterocycles. The van der Waals surface area contributed by atoms with E-state index in [9.17, 15) is 13.6 Å². The van der Waals surface area contributed by atoms with Crippen molar-refractivity contribution >= 4 is 16.9 Å². The van der Waals surface area contributed by atoms with E-state index in [2.05, 4.69) is 4.98 Å². The number of rotatable bonds is 3. The summed E-state index contributed by atoms with van der Waals surface area (Å²) < 4.78 is 31.7. The average Bonchev–Trinajstić information content (AvgIpc) is 2.42. The summed E-state index contributed by atoms with van der Waals surface area (Å²) in [7, 11) is 0. The summed E-state index contributed by atoms with van der Waals surface area (Å²) in [5.74, 6) is -2.45. The maximum Gasteiger partial charge on any atom is 0.340 e. The van der Waals surface area contributed by atoms with Gasteiger partial charge in [-0.25, -0.2) is 18.6 Å². The van der Waals surface area contributed by atoms with Gasteiger partial charge in [0.1, 0.15) is 5.52 Å². The number of halogens is 2. The molecule has 19 heavy (non-hydrogen) atoms. The first kappa shape index (κ1) is 13.4. The minimum absolute atomic E-state index is 0.0649. The highest BCUT2D eigenvalue weighted by molar-refractivity contribution is 5.95. The summed E-state index contributed by atoms with van der Waals surface area (Å²) in [6.07, 6.45) is 0.431. The van der Waals surface area contributed by atoms with Gasteiger partial charge in [-0.2, -0.15) is 0 Å². The number of nitrogens with zero attached hydrogens (tertiary/aromatic N) is 1. The van der Waals surface area contributed by atoms with Crippen molar-refractivity contribution in [3.8, 4) is 0 Å². The van der Waals surface area contributed by atoms with Gasteiger partial charge in [0.15, 0.2) is 11.6 Å². The number of ether oxygens (including phenoxy) is 1. The molecule has 0 saturated carbocycles. The van der Waals surface area contributed by atoms with Crippen molar-refractivity contribution in [3.05, 3.63) is 41.1 Å². The quantitative estimate of drug-likeness (QED) is 0.800. The molecule has 0 atom stereocenters. The summed E-state index contributed by atoms with van der Waals surface area (Å²) in [6, 6.07) is 3.89. The molecule has 1 heterocycles. The number of carbonyl (C=O) groups excluding carboxylic acids is 1. The molecule has 1 aromatic carbocycles. The zero-order chi connectivity index (χ0) is 14.0. The number of aromatic nitrogens is 1. The molecule has 100 valence electrons. The number of hydrogen-bond acceptors (Lipinski definition) is 3. The topological polar surface area (TPSA) is 39.2 Å². The molecular formula is C14H13F2NO2. The Morgan fingerprint density at radius 2 is 2.05 bits per heavy atom. The summed E-state index contributed by atoms with van der Waals surface area (Å²) in [5, 5.41) is 0.374. The van der Waals surface area contributed by atoms with Crippen LogP contribution in [0.4, 0.5) is 8.78 Å². The molecule has 0 fully saturated rings. The highest BCUT2D eigenvalue weighted by Crippen LogP contribution is 2.22. The van der Waals surface area contributed by atoms with Crippen LogP contribution in [0.1, 0.15) is 29.9 Å². The van der Waals surface area contributed by atoms with Gasteiger partial charge in [-0.3, -0.25) is 0 Å². The molecule has 2 aromatic rings. The van der Waals surface area contributed by atoms with Crippen molar-refractivity contribution in [3.63, 3.8) is 0 Å². The fraction of sp³-hybridized carbons (Fsp3) is 0.286. The molecule has 0 unspecified atom stereocenters. The highest BCUT2D eigenvalue weighted by Gasteiger charge is 2.17. The molecule has 0 saturated heterocycles. The molecule has 0 aliphatic carbocycles. The summed E-state index contributed by atoms with van der Waals surface area (Å²) in [6.45, 7) is 3.74. The summed E-state index contributed by atoms with van der Waals surface area (Å²) in [4.78, 5) is 15.8. The van der Waals surface area contributed by atoms with Crippen LogP contribution in [-0.4, -0.2) is 17.6 Å². The Hall–Kier alpha value is -2.04. The molecule has 0 bridgehead atoms. The van der Waals surface area contributed by atoms with Crippen molar-refractivity contribution in [1.29, 1.82) is 0 Å². The average molecular weight is 265 g/mol. The molecule has 3 nitrogen and oxygen atoms in total. The number of aryl methyl sites for hydroxylation is 1. The van der Waals surface area contributed by atoms with Gasteiger partial charge < -0.3 is 4.74 Å². The van der Waals surface area contributed by atoms with E-state index in [1.807, 2.05) is 0 Å². The van der Waals surface area contributed by atoms with E-state index in [4.69, 9.17) is 4.74 Å². The second-order valence-electron chi connectivity index (χ2n) is 3.99. The minimum atomic E-state index is -0.998. The molecule has 2 rings (SSSR count). The predicted octanol–water partition coefficient (Wildman–Crippen LogP) is 3.25. The first-order valence-electron chi connectivity index (χ1n) is 6.03. The fourth-order valence-corrected chi connectivity index (χ4v) is 1.87. The Balaban J connectivity index is 2.67. The monoisotopic (exact) mass is 265 g/mol. The molecule has 0 aliphatic heterocycles. The lowest BCUT2D eigenvalue weighted by molar-refractivity contribution is 0.0524. The Kier molecular flexibility index (Phi) is 3.74. The third-order valence-corrected chi connectivity index (χ3v) is 2.79. The predicted molar refractivity (Wildman–Crippen MR) is 67.0 cm³/mol. The van der Waals surface area contributed by atoms with Gasteiger partial charge in [0.2, 0.25) is 0 Å². The fourth-order valence-electron chi connectivity index (χ4n) is 1.87. The van der Waals surface area contributed by atoms with Crippen molar-refractivity contribution in [2.75, 3.05) is 6.61 Å². The number of pyridine rings is 1. The zero-order valence-corrected chi connectivity index (χ0v) is 10.7. The van der Waals surface area contributed by atoms with Crippen LogP contribution in [0.5, 0.6) is 0 Å². The minimum Gasteiger partial charge on any atom is -0.462 e. The lowest BCUT2D eigenvalue weighted by atomic mass is 10.1. The smallest absolute Gasteiger partial charge is 0.340 e. The van der Waals surface area contributed by atoms with Gasteiger partial charge in [-0.1, -0.05) is 6.92 Å². The van der Waals surface area contributed by atoms with Crippen LogP contribution >= 0.6 is 0 Å². The van der Waals surface area contributed by atoms with E-state index >= 15 is 0 Å². The highest BCUT2D eigenvalue weighted by atomic mass is 19.2. The Labute approximate surface area is 109 Å². The van der Waals surface area contributed by atoms with Crippen molar-refractivity contribution in [1.82, 2.24) is 4.98 Å². The molecule has 0 N–H and O–H groups in total. The van der Waals surface area contributed by atoms with E-state index in [1.54, 1.807) is 13.8 Å². The van der Waals surface area contributed by atoms with Crippen molar-refractivity contribution < 1.29 is 18.3 Å². The third-order valence-electron chi connectivity index (χ3n) is 2.79. The van der Waals surface area contributed by atoms with Crippen LogP contribution in [0.3, 0.4) is 0 Å². The standard InChI is InChI=1S/C14H13F2NO2/c1-3-11-9(14(18)19-4-2)7-8-5-6-10(15)12(16)13(8)17-11/h5-7H,3-4H2,1-2H3. The third kappa shape index (κ3) is 2.41. The van der Waals surface area contributed by atoms with Crippen LogP contribution in [0.2, 0.25) is 0 Å². The van der Waals surface area contributed by atoms with Crippen LogP contribution in [0.15, 0.2) is 18.2 Å². The molecule has 5 heteroatoms. The van der Waals surface area contributed by atoms with Gasteiger partial charge in [-0.15, -0.1) is 0 Å². The first-order chi connectivity index (χ1) is 9.08. The lowest BCUT2D eigenvalue weighted by Gasteiger charge is -2.09.